The van der Waals surface area contributed by atoms with Crippen molar-refractivity contribution >= 4 is 50.5 Å². The number of rotatable bonds is 9. The topological polar surface area (TPSA) is 95.6 Å². The largest absolute Gasteiger partial charge is 0.350 e. The number of anilines is 1. The van der Waals surface area contributed by atoms with Crippen LogP contribution in [0.2, 0.25) is 5.02 Å². The average Bonchev–Trinajstić information content (AvgIpc) is 3.31. The standard InChI is InChI=1S/C22H22ClN3O4S2/c1-2-26(15-21(27)24-14-17-6-5-13-31-17)22(28)16-9-11-18(12-10-16)32(29,30)25-20-8-4-3-7-19(20)23/h3-13,25H,2,14-15H2,1H3,(H,24,27). The summed E-state index contributed by atoms with van der Waals surface area (Å²) in [6.07, 6.45) is 0. The number of para-hydroxylation sites is 1. The summed E-state index contributed by atoms with van der Waals surface area (Å²) in [5.74, 6) is -0.626. The van der Waals surface area contributed by atoms with Crippen LogP contribution in [-0.2, 0) is 21.4 Å². The second-order valence-electron chi connectivity index (χ2n) is 6.79. The van der Waals surface area contributed by atoms with Gasteiger partial charge in [-0.05, 0) is 54.8 Å². The molecule has 0 aliphatic carbocycles. The van der Waals surface area contributed by atoms with Crippen molar-refractivity contribution in [3.8, 4) is 0 Å². The number of nitrogens with one attached hydrogen (secondary N) is 2. The predicted molar refractivity (Wildman–Crippen MR) is 126 cm³/mol. The highest BCUT2D eigenvalue weighted by atomic mass is 35.5. The molecule has 0 radical (unpaired) electrons. The molecule has 2 amide bonds. The van der Waals surface area contributed by atoms with E-state index in [-0.39, 0.29) is 39.5 Å². The fraction of sp³-hybridized carbons (Fsp3) is 0.182. The van der Waals surface area contributed by atoms with Gasteiger partial charge in [-0.3, -0.25) is 14.3 Å². The Kier molecular flexibility index (Phi) is 7.89. The van der Waals surface area contributed by atoms with Gasteiger partial charge in [0.25, 0.3) is 15.9 Å². The fourth-order valence-corrected chi connectivity index (χ4v) is 4.83. The van der Waals surface area contributed by atoms with E-state index in [2.05, 4.69) is 10.0 Å². The maximum absolute atomic E-state index is 12.8. The normalized spacial score (nSPS) is 11.1. The zero-order valence-corrected chi connectivity index (χ0v) is 19.6. The lowest BCUT2D eigenvalue weighted by Gasteiger charge is -2.20. The minimum atomic E-state index is -3.87. The minimum Gasteiger partial charge on any atom is -0.350 e. The molecule has 2 N–H and O–H groups in total. The van der Waals surface area contributed by atoms with E-state index in [1.165, 1.54) is 29.2 Å². The van der Waals surface area contributed by atoms with E-state index in [1.54, 1.807) is 42.5 Å². The van der Waals surface area contributed by atoms with Gasteiger partial charge in [0, 0.05) is 17.0 Å². The summed E-state index contributed by atoms with van der Waals surface area (Å²) in [7, 11) is -3.87. The number of carbonyl (C=O) groups excluding carboxylic acids is 2. The number of amides is 2. The van der Waals surface area contributed by atoms with Gasteiger partial charge in [0.2, 0.25) is 5.91 Å². The number of sulfonamides is 1. The molecule has 0 bridgehead atoms. The summed E-state index contributed by atoms with van der Waals surface area (Å²) in [5.41, 5.74) is 0.551. The molecule has 0 unspecified atom stereocenters. The Bertz CT molecular complexity index is 1180. The Hall–Kier alpha value is -2.88. The highest BCUT2D eigenvalue weighted by Gasteiger charge is 2.20. The molecule has 0 spiro atoms. The molecule has 1 heterocycles. The summed E-state index contributed by atoms with van der Waals surface area (Å²) in [6, 6.07) is 15.9. The Balaban J connectivity index is 1.65. The van der Waals surface area contributed by atoms with E-state index < -0.39 is 10.0 Å². The molecule has 0 atom stereocenters. The maximum atomic E-state index is 12.8. The molecular weight excluding hydrogens is 470 g/mol. The smallest absolute Gasteiger partial charge is 0.261 e. The molecule has 3 aromatic rings. The van der Waals surface area contributed by atoms with Crippen LogP contribution in [0.3, 0.4) is 0 Å². The molecule has 0 aliphatic rings. The summed E-state index contributed by atoms with van der Waals surface area (Å²) in [4.78, 5) is 27.5. The van der Waals surface area contributed by atoms with Crippen molar-refractivity contribution in [1.82, 2.24) is 10.2 Å². The molecule has 0 fully saturated rings. The summed E-state index contributed by atoms with van der Waals surface area (Å²) >= 11 is 7.56. The quantitative estimate of drug-likeness (QED) is 0.473. The van der Waals surface area contributed by atoms with Gasteiger partial charge < -0.3 is 10.2 Å². The first-order valence-electron chi connectivity index (χ1n) is 9.76. The van der Waals surface area contributed by atoms with Crippen LogP contribution in [0.1, 0.15) is 22.2 Å². The van der Waals surface area contributed by atoms with Gasteiger partial charge in [0.1, 0.15) is 0 Å². The number of hydrogen-bond acceptors (Lipinski definition) is 5. The van der Waals surface area contributed by atoms with Crippen molar-refractivity contribution in [2.24, 2.45) is 0 Å². The number of halogens is 1. The molecule has 168 valence electrons. The highest BCUT2D eigenvalue weighted by molar-refractivity contribution is 7.92. The van der Waals surface area contributed by atoms with E-state index in [9.17, 15) is 18.0 Å². The van der Waals surface area contributed by atoms with E-state index in [4.69, 9.17) is 11.6 Å². The van der Waals surface area contributed by atoms with Crippen molar-refractivity contribution in [1.29, 1.82) is 0 Å². The Labute approximate surface area is 196 Å². The molecule has 0 saturated carbocycles. The van der Waals surface area contributed by atoms with Crippen LogP contribution < -0.4 is 10.0 Å². The number of hydrogen-bond donors (Lipinski definition) is 2. The lowest BCUT2D eigenvalue weighted by Crippen LogP contribution is -2.40. The van der Waals surface area contributed by atoms with E-state index in [0.717, 1.165) is 4.88 Å². The average molecular weight is 492 g/mol. The van der Waals surface area contributed by atoms with Crippen LogP contribution in [-0.4, -0.2) is 38.2 Å². The first-order chi connectivity index (χ1) is 15.3. The molecule has 7 nitrogen and oxygen atoms in total. The third-order valence-electron chi connectivity index (χ3n) is 4.57. The SMILES string of the molecule is CCN(CC(=O)NCc1cccs1)C(=O)c1ccc(S(=O)(=O)Nc2ccccc2Cl)cc1. The molecule has 32 heavy (non-hydrogen) atoms. The van der Waals surface area contributed by atoms with Gasteiger partial charge in [-0.1, -0.05) is 29.8 Å². The van der Waals surface area contributed by atoms with E-state index in [0.29, 0.717) is 13.1 Å². The Morgan fingerprint density at radius 1 is 1.03 bits per heavy atom. The van der Waals surface area contributed by atoms with Gasteiger partial charge in [-0.25, -0.2) is 8.42 Å². The van der Waals surface area contributed by atoms with Gasteiger partial charge in [0.05, 0.1) is 28.7 Å². The van der Waals surface area contributed by atoms with Crippen LogP contribution in [0.15, 0.2) is 70.9 Å². The fourth-order valence-electron chi connectivity index (χ4n) is 2.86. The maximum Gasteiger partial charge on any atom is 0.261 e. The lowest BCUT2D eigenvalue weighted by molar-refractivity contribution is -0.121. The van der Waals surface area contributed by atoms with Crippen molar-refractivity contribution in [2.75, 3.05) is 17.8 Å². The Morgan fingerprint density at radius 2 is 1.75 bits per heavy atom. The molecule has 10 heteroatoms. The monoisotopic (exact) mass is 491 g/mol. The number of thiophene rings is 1. The molecular formula is C22H22ClN3O4S2. The summed E-state index contributed by atoms with van der Waals surface area (Å²) in [6.45, 7) is 2.43. The molecule has 3 rings (SSSR count). The van der Waals surface area contributed by atoms with E-state index in [1.807, 2.05) is 17.5 Å². The second-order valence-corrected chi connectivity index (χ2v) is 9.91. The van der Waals surface area contributed by atoms with Gasteiger partial charge in [-0.2, -0.15) is 0 Å². The number of carbonyl (C=O) groups is 2. The Morgan fingerprint density at radius 3 is 2.38 bits per heavy atom. The van der Waals surface area contributed by atoms with Crippen molar-refractivity contribution in [3.05, 3.63) is 81.5 Å². The van der Waals surface area contributed by atoms with Crippen LogP contribution in [0.4, 0.5) is 5.69 Å². The summed E-state index contributed by atoms with van der Waals surface area (Å²) < 4.78 is 27.7. The predicted octanol–water partition coefficient (Wildman–Crippen LogP) is 3.98. The summed E-state index contributed by atoms with van der Waals surface area (Å²) in [5, 5.41) is 5.00. The number of likely N-dealkylation sites (N-methyl/N-ethyl adjacent to an activating group) is 1. The van der Waals surface area contributed by atoms with Crippen molar-refractivity contribution in [3.63, 3.8) is 0 Å². The highest BCUT2D eigenvalue weighted by Crippen LogP contribution is 2.24. The van der Waals surface area contributed by atoms with Crippen LogP contribution >= 0.6 is 22.9 Å². The van der Waals surface area contributed by atoms with E-state index >= 15 is 0 Å². The van der Waals surface area contributed by atoms with Gasteiger partial charge >= 0.3 is 0 Å². The van der Waals surface area contributed by atoms with Gasteiger partial charge in [0.15, 0.2) is 0 Å². The third kappa shape index (κ3) is 6.09. The first-order valence-corrected chi connectivity index (χ1v) is 12.5. The first kappa shape index (κ1) is 23.8. The van der Waals surface area contributed by atoms with Gasteiger partial charge in [-0.15, -0.1) is 11.3 Å². The third-order valence-corrected chi connectivity index (χ3v) is 7.16. The van der Waals surface area contributed by atoms with Crippen LogP contribution in [0.25, 0.3) is 0 Å². The lowest BCUT2D eigenvalue weighted by atomic mass is 10.2. The number of nitrogens with zero attached hydrogens (tertiary/aromatic N) is 1. The van der Waals surface area contributed by atoms with Crippen molar-refractivity contribution < 1.29 is 18.0 Å². The zero-order valence-electron chi connectivity index (χ0n) is 17.2. The van der Waals surface area contributed by atoms with Crippen molar-refractivity contribution in [2.45, 2.75) is 18.4 Å². The van der Waals surface area contributed by atoms with Crippen LogP contribution in [0.5, 0.6) is 0 Å². The minimum absolute atomic E-state index is 0.00860. The molecule has 1 aromatic heterocycles. The van der Waals surface area contributed by atoms with Crippen LogP contribution in [0, 0.1) is 0 Å². The molecule has 2 aromatic carbocycles. The molecule has 0 saturated heterocycles. The number of benzene rings is 2. The second kappa shape index (κ2) is 10.6. The molecule has 0 aliphatic heterocycles. The zero-order chi connectivity index (χ0) is 23.1.